The molecule has 3 nitrogen and oxygen atoms in total. The average Bonchev–Trinajstić information content (AvgIpc) is 2.41. The van der Waals surface area contributed by atoms with E-state index in [4.69, 9.17) is 0 Å². The molecule has 2 aromatic carbocycles. The lowest BCUT2D eigenvalue weighted by atomic mass is 10.2. The second-order valence-corrected chi connectivity index (χ2v) is 6.41. The van der Waals surface area contributed by atoms with Crippen molar-refractivity contribution in [2.75, 3.05) is 4.72 Å². The van der Waals surface area contributed by atoms with Crippen LogP contribution in [0.1, 0.15) is 11.1 Å². The Labute approximate surface area is 132 Å². The van der Waals surface area contributed by atoms with E-state index in [1.54, 1.807) is 42.5 Å². The quantitative estimate of drug-likeness (QED) is 0.636. The summed E-state index contributed by atoms with van der Waals surface area (Å²) in [4.78, 5) is 0.236. The smallest absolute Gasteiger partial charge is 0.261 e. The lowest BCUT2D eigenvalue weighted by Gasteiger charge is -2.10. The van der Waals surface area contributed by atoms with E-state index >= 15 is 0 Å². The first-order valence-electron chi connectivity index (χ1n) is 5.83. The molecular formula is C15H12INO2S. The fourth-order valence-corrected chi connectivity index (χ4v) is 3.02. The van der Waals surface area contributed by atoms with Gasteiger partial charge >= 0.3 is 0 Å². The maximum atomic E-state index is 12.3. The van der Waals surface area contributed by atoms with Crippen LogP contribution in [0.25, 0.3) is 0 Å². The van der Waals surface area contributed by atoms with Crippen LogP contribution >= 0.6 is 22.6 Å². The summed E-state index contributed by atoms with van der Waals surface area (Å²) < 4.78 is 29.9. The third-order valence-corrected chi connectivity index (χ3v) is 4.34. The molecule has 0 radical (unpaired) electrons. The fourth-order valence-electron chi connectivity index (χ4n) is 1.65. The molecule has 1 N–H and O–H groups in total. The molecule has 5 heteroatoms. The maximum Gasteiger partial charge on any atom is 0.261 e. The highest BCUT2D eigenvalue weighted by atomic mass is 127. The van der Waals surface area contributed by atoms with Gasteiger partial charge in [-0.25, -0.2) is 8.42 Å². The van der Waals surface area contributed by atoms with Gasteiger partial charge in [0.2, 0.25) is 0 Å². The van der Waals surface area contributed by atoms with E-state index in [0.29, 0.717) is 11.3 Å². The molecule has 20 heavy (non-hydrogen) atoms. The summed E-state index contributed by atoms with van der Waals surface area (Å²) in [7, 11) is -3.59. The van der Waals surface area contributed by atoms with Crippen LogP contribution in [0.5, 0.6) is 0 Å². The summed E-state index contributed by atoms with van der Waals surface area (Å²) in [6.45, 7) is 1.91. The van der Waals surface area contributed by atoms with Gasteiger partial charge in [0, 0.05) is 28.2 Å². The topological polar surface area (TPSA) is 46.2 Å². The summed E-state index contributed by atoms with van der Waals surface area (Å²) in [6, 6.07) is 13.8. The summed E-state index contributed by atoms with van der Waals surface area (Å²) in [5.41, 5.74) is 2.15. The minimum absolute atomic E-state index is 0.236. The van der Waals surface area contributed by atoms with Crippen LogP contribution in [0.15, 0.2) is 53.4 Å². The summed E-state index contributed by atoms with van der Waals surface area (Å²) in [6.07, 6.45) is 0. The molecule has 2 rings (SSSR count). The van der Waals surface area contributed by atoms with Gasteiger partial charge in [-0.2, -0.15) is 0 Å². The molecule has 0 saturated carbocycles. The molecule has 2 aromatic rings. The number of anilines is 1. The van der Waals surface area contributed by atoms with Crippen LogP contribution in [-0.2, 0) is 10.0 Å². The van der Waals surface area contributed by atoms with E-state index in [1.807, 2.05) is 35.6 Å². The first kappa shape index (κ1) is 14.9. The van der Waals surface area contributed by atoms with Gasteiger partial charge < -0.3 is 0 Å². The van der Waals surface area contributed by atoms with Gasteiger partial charge in [-0.05, 0) is 35.1 Å². The van der Waals surface area contributed by atoms with Crippen molar-refractivity contribution in [2.45, 2.75) is 11.8 Å². The molecule has 0 saturated heterocycles. The van der Waals surface area contributed by atoms with Crippen molar-refractivity contribution in [3.05, 3.63) is 59.7 Å². The monoisotopic (exact) mass is 397 g/mol. The first-order chi connectivity index (χ1) is 9.53. The largest absolute Gasteiger partial charge is 0.278 e. The minimum Gasteiger partial charge on any atom is -0.278 e. The molecular weight excluding hydrogens is 385 g/mol. The Morgan fingerprint density at radius 3 is 2.35 bits per heavy atom. The number of sulfonamides is 1. The Morgan fingerprint density at radius 1 is 1.05 bits per heavy atom. The second kappa shape index (κ2) is 6.29. The van der Waals surface area contributed by atoms with Crippen molar-refractivity contribution in [3.63, 3.8) is 0 Å². The Morgan fingerprint density at radius 2 is 1.70 bits per heavy atom. The minimum atomic E-state index is -3.59. The molecule has 0 spiro atoms. The van der Waals surface area contributed by atoms with Gasteiger partial charge in [-0.15, -0.1) is 0 Å². The van der Waals surface area contributed by atoms with Crippen LogP contribution < -0.4 is 4.72 Å². The zero-order chi connectivity index (χ0) is 14.6. The van der Waals surface area contributed by atoms with Crippen LogP contribution in [0.3, 0.4) is 0 Å². The molecule has 0 fully saturated rings. The standard InChI is InChI=1S/C15H12INO2S/c1-12-6-8-14(9-7-12)20(18,19)17-15-5-3-2-4-13(15)10-11-16/h2-9,17H,1H3. The predicted molar refractivity (Wildman–Crippen MR) is 89.3 cm³/mol. The number of benzene rings is 2. The number of para-hydroxylation sites is 1. The molecule has 102 valence electrons. The van der Waals surface area contributed by atoms with Crippen molar-refractivity contribution in [3.8, 4) is 9.85 Å². The molecule has 0 heterocycles. The number of rotatable bonds is 3. The third-order valence-electron chi connectivity index (χ3n) is 2.68. The van der Waals surface area contributed by atoms with Crippen LogP contribution in [0.4, 0.5) is 5.69 Å². The Balaban J connectivity index is 2.37. The van der Waals surface area contributed by atoms with Crippen molar-refractivity contribution >= 4 is 38.3 Å². The van der Waals surface area contributed by atoms with Gasteiger partial charge in [-0.1, -0.05) is 35.7 Å². The van der Waals surface area contributed by atoms with E-state index in [1.165, 1.54) is 0 Å². The second-order valence-electron chi connectivity index (χ2n) is 4.18. The summed E-state index contributed by atoms with van der Waals surface area (Å²) >= 11 is 1.92. The van der Waals surface area contributed by atoms with Crippen molar-refractivity contribution in [1.29, 1.82) is 0 Å². The zero-order valence-corrected chi connectivity index (χ0v) is 13.7. The lowest BCUT2D eigenvalue weighted by molar-refractivity contribution is 0.601. The van der Waals surface area contributed by atoms with Crippen LogP contribution in [-0.4, -0.2) is 8.42 Å². The molecule has 0 aliphatic carbocycles. The highest BCUT2D eigenvalue weighted by Gasteiger charge is 2.15. The van der Waals surface area contributed by atoms with Crippen molar-refractivity contribution < 1.29 is 8.42 Å². The maximum absolute atomic E-state index is 12.3. The fraction of sp³-hybridized carbons (Fsp3) is 0.0667. The highest BCUT2D eigenvalue weighted by Crippen LogP contribution is 2.19. The highest BCUT2D eigenvalue weighted by molar-refractivity contribution is 14.1. The van der Waals surface area contributed by atoms with Gasteiger partial charge in [0.15, 0.2) is 0 Å². The zero-order valence-electron chi connectivity index (χ0n) is 10.7. The van der Waals surface area contributed by atoms with Crippen molar-refractivity contribution in [1.82, 2.24) is 0 Å². The Kier molecular flexibility index (Phi) is 4.68. The van der Waals surface area contributed by atoms with Gasteiger partial charge in [0.05, 0.1) is 10.6 Å². The molecule has 0 bridgehead atoms. The number of halogens is 1. The molecule has 0 aromatic heterocycles. The molecule has 0 aliphatic heterocycles. The van der Waals surface area contributed by atoms with Crippen molar-refractivity contribution in [2.24, 2.45) is 0 Å². The van der Waals surface area contributed by atoms with Gasteiger partial charge in [-0.3, -0.25) is 4.72 Å². The molecule has 0 atom stereocenters. The lowest BCUT2D eigenvalue weighted by Crippen LogP contribution is -2.13. The van der Waals surface area contributed by atoms with E-state index in [-0.39, 0.29) is 4.90 Å². The number of hydrogen-bond acceptors (Lipinski definition) is 2. The van der Waals surface area contributed by atoms with E-state index in [2.05, 4.69) is 14.6 Å². The van der Waals surface area contributed by atoms with E-state index < -0.39 is 10.0 Å². The van der Waals surface area contributed by atoms with E-state index in [9.17, 15) is 8.42 Å². The normalized spacial score (nSPS) is 10.5. The number of hydrogen-bond donors (Lipinski definition) is 1. The summed E-state index contributed by atoms with van der Waals surface area (Å²) in [5.74, 6) is 2.87. The number of aryl methyl sites for hydroxylation is 1. The SMILES string of the molecule is Cc1ccc(S(=O)(=O)Nc2ccccc2C#CI)cc1. The van der Waals surface area contributed by atoms with Gasteiger partial charge in [0.25, 0.3) is 10.0 Å². The molecule has 0 amide bonds. The Bertz CT molecular complexity index is 772. The third kappa shape index (κ3) is 3.52. The first-order valence-corrected chi connectivity index (χ1v) is 8.39. The Hall–Kier alpha value is -1.52. The van der Waals surface area contributed by atoms with Crippen LogP contribution in [0, 0.1) is 16.8 Å². The van der Waals surface area contributed by atoms with Crippen LogP contribution in [0.2, 0.25) is 0 Å². The van der Waals surface area contributed by atoms with Gasteiger partial charge in [0.1, 0.15) is 0 Å². The molecule has 0 aliphatic rings. The summed E-state index contributed by atoms with van der Waals surface area (Å²) in [5, 5.41) is 0. The number of nitrogens with one attached hydrogen (secondary N) is 1. The predicted octanol–water partition coefficient (Wildman–Crippen LogP) is 3.54. The molecule has 0 unspecified atom stereocenters. The average molecular weight is 397 g/mol. The van der Waals surface area contributed by atoms with E-state index in [0.717, 1.165) is 5.56 Å².